The molecule has 7 atom stereocenters. The van der Waals surface area contributed by atoms with Crippen LogP contribution in [0.15, 0.2) is 12.2 Å². The number of hydrogen-bond acceptors (Lipinski definition) is 8. The van der Waals surface area contributed by atoms with Crippen LogP contribution in [0, 0.1) is 0 Å². The van der Waals surface area contributed by atoms with Crippen molar-refractivity contribution in [3.05, 3.63) is 12.2 Å². The molecule has 0 bridgehead atoms. The fraction of sp³-hybridized carbons (Fsp3) is 0.917. The quantitative estimate of drug-likeness (QED) is 0.0441. The number of ether oxygens (including phenoxy) is 2. The van der Waals surface area contributed by atoms with Gasteiger partial charge in [0.1, 0.15) is 24.4 Å². The Balaban J connectivity index is 2.09. The van der Waals surface area contributed by atoms with Gasteiger partial charge in [-0.3, -0.25) is 4.79 Å². The van der Waals surface area contributed by atoms with E-state index in [2.05, 4.69) is 12.2 Å². The first-order chi connectivity index (χ1) is 21.8. The summed E-state index contributed by atoms with van der Waals surface area (Å²) in [6, 6.07) is -0.795. The third-order valence-electron chi connectivity index (χ3n) is 8.93. The number of nitrogens with one attached hydrogen (secondary N) is 1. The van der Waals surface area contributed by atoms with Gasteiger partial charge in [0.25, 0.3) is 0 Å². The Labute approximate surface area is 274 Å². The molecular weight excluding hydrogens is 574 g/mol. The number of rotatable bonds is 29. The third-order valence-corrected chi connectivity index (χ3v) is 8.93. The molecule has 0 aromatic carbocycles. The molecule has 0 aromatic heterocycles. The zero-order valence-electron chi connectivity index (χ0n) is 28.6. The maximum Gasteiger partial charge on any atom is 0.220 e. The summed E-state index contributed by atoms with van der Waals surface area (Å²) >= 11 is 0. The van der Waals surface area contributed by atoms with Gasteiger partial charge in [-0.05, 0) is 12.8 Å². The Morgan fingerprint density at radius 3 is 1.64 bits per heavy atom. The molecule has 1 saturated heterocycles. The Hall–Kier alpha value is -1.07. The second-order valence-corrected chi connectivity index (χ2v) is 13.0. The second kappa shape index (κ2) is 28.0. The highest BCUT2D eigenvalue weighted by molar-refractivity contribution is 5.75. The van der Waals surface area contributed by atoms with Gasteiger partial charge < -0.3 is 40.3 Å². The second-order valence-electron chi connectivity index (χ2n) is 13.0. The molecule has 45 heavy (non-hydrogen) atoms. The van der Waals surface area contributed by atoms with E-state index in [0.29, 0.717) is 0 Å². The van der Waals surface area contributed by atoms with Crippen LogP contribution >= 0.6 is 0 Å². The van der Waals surface area contributed by atoms with Crippen LogP contribution in [0.5, 0.6) is 0 Å². The Kier molecular flexibility index (Phi) is 26.1. The maximum atomic E-state index is 12.0. The van der Waals surface area contributed by atoms with Crippen molar-refractivity contribution < 1.29 is 39.8 Å². The third kappa shape index (κ3) is 20.0. The lowest BCUT2D eigenvalue weighted by Gasteiger charge is -2.40. The van der Waals surface area contributed by atoms with Crippen molar-refractivity contribution in [3.63, 3.8) is 0 Å². The lowest BCUT2D eigenvalue weighted by atomic mass is 9.99. The number of aliphatic hydroxyl groups excluding tert-OH is 5. The monoisotopic (exact) mass is 644 g/mol. The van der Waals surface area contributed by atoms with E-state index in [-0.39, 0.29) is 18.9 Å². The first kappa shape index (κ1) is 42.0. The van der Waals surface area contributed by atoms with Crippen LogP contribution in [-0.2, 0) is 14.3 Å². The molecule has 1 aliphatic heterocycles. The number of amides is 1. The van der Waals surface area contributed by atoms with E-state index in [0.717, 1.165) is 19.3 Å². The molecule has 0 radical (unpaired) electrons. The van der Waals surface area contributed by atoms with E-state index >= 15 is 0 Å². The zero-order chi connectivity index (χ0) is 33.1. The Morgan fingerprint density at radius 2 is 1.20 bits per heavy atom. The van der Waals surface area contributed by atoms with Gasteiger partial charge in [0.15, 0.2) is 6.29 Å². The molecule has 266 valence electrons. The molecule has 0 saturated carbocycles. The fourth-order valence-corrected chi connectivity index (χ4v) is 5.83. The molecule has 6 N–H and O–H groups in total. The van der Waals surface area contributed by atoms with E-state index in [9.17, 15) is 30.3 Å². The van der Waals surface area contributed by atoms with Crippen molar-refractivity contribution >= 4 is 5.91 Å². The van der Waals surface area contributed by atoms with Crippen LogP contribution in [0.2, 0.25) is 0 Å². The van der Waals surface area contributed by atoms with Gasteiger partial charge in [-0.2, -0.15) is 0 Å². The minimum atomic E-state index is -1.56. The molecule has 0 aliphatic carbocycles. The van der Waals surface area contributed by atoms with Gasteiger partial charge in [-0.25, -0.2) is 0 Å². The highest BCUT2D eigenvalue weighted by Crippen LogP contribution is 2.22. The molecule has 1 amide bonds. The van der Waals surface area contributed by atoms with Crippen molar-refractivity contribution in [1.29, 1.82) is 0 Å². The van der Waals surface area contributed by atoms with Crippen LogP contribution < -0.4 is 5.32 Å². The smallest absolute Gasteiger partial charge is 0.220 e. The summed E-state index contributed by atoms with van der Waals surface area (Å²) in [5.74, 6) is -0.265. The van der Waals surface area contributed by atoms with E-state index in [1.54, 1.807) is 13.0 Å². The van der Waals surface area contributed by atoms with Gasteiger partial charge in [-0.15, -0.1) is 0 Å². The predicted octanol–water partition coefficient (Wildman–Crippen LogP) is 5.83. The summed E-state index contributed by atoms with van der Waals surface area (Å²) in [5.41, 5.74) is 0. The number of aliphatic hydroxyl groups is 5. The maximum absolute atomic E-state index is 12.0. The SMILES string of the molecule is CCCCCCCCCCCCCCCCCCCCCC/C=C/C(O)C(COC1OC(CO)C(O)C(O)C1O)NC(=O)CC. The van der Waals surface area contributed by atoms with Crippen LogP contribution in [0.1, 0.15) is 155 Å². The summed E-state index contributed by atoms with van der Waals surface area (Å²) in [6.07, 6.45) is 23.5. The first-order valence-corrected chi connectivity index (χ1v) is 18.4. The van der Waals surface area contributed by atoms with Crippen molar-refractivity contribution in [2.45, 2.75) is 198 Å². The Bertz CT molecular complexity index is 721. The molecule has 9 nitrogen and oxygen atoms in total. The van der Waals surface area contributed by atoms with Gasteiger partial charge in [-0.1, -0.05) is 148 Å². The molecular formula is C36H69NO8. The lowest BCUT2D eigenvalue weighted by Crippen LogP contribution is -2.60. The van der Waals surface area contributed by atoms with Crippen LogP contribution in [0.3, 0.4) is 0 Å². The van der Waals surface area contributed by atoms with Gasteiger partial charge in [0.2, 0.25) is 5.91 Å². The average Bonchev–Trinajstić information content (AvgIpc) is 3.04. The molecule has 1 heterocycles. The molecule has 1 aliphatic rings. The largest absolute Gasteiger partial charge is 0.394 e. The predicted molar refractivity (Wildman–Crippen MR) is 180 cm³/mol. The van der Waals surface area contributed by atoms with Crippen LogP contribution in [0.25, 0.3) is 0 Å². The number of allylic oxidation sites excluding steroid dienone is 1. The summed E-state index contributed by atoms with van der Waals surface area (Å²) in [5, 5.41) is 52.9. The van der Waals surface area contributed by atoms with E-state index in [1.165, 1.54) is 116 Å². The number of hydrogen-bond donors (Lipinski definition) is 6. The van der Waals surface area contributed by atoms with Crippen LogP contribution in [-0.4, -0.2) is 87.5 Å². The molecule has 0 spiro atoms. The van der Waals surface area contributed by atoms with Crippen LogP contribution in [0.4, 0.5) is 0 Å². The number of carbonyl (C=O) groups is 1. The minimum absolute atomic E-state index is 0.195. The van der Waals surface area contributed by atoms with Gasteiger partial charge >= 0.3 is 0 Å². The van der Waals surface area contributed by atoms with Gasteiger partial charge in [0, 0.05) is 6.42 Å². The van der Waals surface area contributed by atoms with Crippen molar-refractivity contribution in [1.82, 2.24) is 5.32 Å². The molecule has 1 fully saturated rings. The Morgan fingerprint density at radius 1 is 0.733 bits per heavy atom. The molecule has 7 unspecified atom stereocenters. The highest BCUT2D eigenvalue weighted by Gasteiger charge is 2.44. The van der Waals surface area contributed by atoms with E-state index in [1.807, 2.05) is 6.08 Å². The van der Waals surface area contributed by atoms with Crippen molar-refractivity contribution in [2.24, 2.45) is 0 Å². The number of carbonyl (C=O) groups excluding carboxylic acids is 1. The average molecular weight is 644 g/mol. The summed E-state index contributed by atoms with van der Waals surface area (Å²) < 4.78 is 10.9. The van der Waals surface area contributed by atoms with Gasteiger partial charge in [0.05, 0.1) is 25.4 Å². The zero-order valence-corrected chi connectivity index (χ0v) is 28.6. The summed E-state index contributed by atoms with van der Waals surface area (Å²) in [7, 11) is 0. The van der Waals surface area contributed by atoms with Crippen molar-refractivity contribution in [3.8, 4) is 0 Å². The fourth-order valence-electron chi connectivity index (χ4n) is 5.83. The topological polar surface area (TPSA) is 149 Å². The highest BCUT2D eigenvalue weighted by atomic mass is 16.7. The lowest BCUT2D eigenvalue weighted by molar-refractivity contribution is -0.302. The van der Waals surface area contributed by atoms with E-state index in [4.69, 9.17) is 9.47 Å². The number of unbranched alkanes of at least 4 members (excludes halogenated alkanes) is 20. The first-order valence-electron chi connectivity index (χ1n) is 18.4. The standard InChI is InChI=1S/C36H69NO8/c1-3-5-6-7-8-9-10-11-12-13-14-15-16-17-18-19-20-21-22-23-24-25-26-30(39)29(37-32(40)4-2)28-44-36-35(43)34(42)33(41)31(27-38)45-36/h25-26,29-31,33-36,38-39,41-43H,3-24,27-28H2,1-2H3,(H,37,40)/b26-25+. The minimum Gasteiger partial charge on any atom is -0.394 e. The molecule has 1 rings (SSSR count). The molecule has 9 heteroatoms. The summed E-state index contributed by atoms with van der Waals surface area (Å²) in [4.78, 5) is 12.0. The van der Waals surface area contributed by atoms with E-state index < -0.39 is 49.5 Å². The van der Waals surface area contributed by atoms with Crippen molar-refractivity contribution in [2.75, 3.05) is 13.2 Å². The molecule has 0 aromatic rings. The summed E-state index contributed by atoms with van der Waals surface area (Å²) in [6.45, 7) is 3.22. The normalized spacial score (nSPS) is 23.4.